The molecule has 0 saturated heterocycles. The first-order chi connectivity index (χ1) is 9.65. The van der Waals surface area contributed by atoms with Crippen molar-refractivity contribution in [2.75, 3.05) is 11.5 Å². The summed E-state index contributed by atoms with van der Waals surface area (Å²) in [6, 6.07) is 11.8. The number of aromatic carboxylic acids is 1. The smallest absolute Gasteiger partial charge is 0.337 e. The van der Waals surface area contributed by atoms with Crippen molar-refractivity contribution in [3.8, 4) is 0 Å². The first kappa shape index (κ1) is 14.9. The predicted molar refractivity (Wildman–Crippen MR) is 83.8 cm³/mol. The lowest BCUT2D eigenvalue weighted by molar-refractivity contribution is 0.0696. The van der Waals surface area contributed by atoms with Gasteiger partial charge in [0.1, 0.15) is 0 Å². The number of pyridine rings is 1. The minimum Gasteiger partial charge on any atom is -0.478 e. The molecule has 0 atom stereocenters. The Morgan fingerprint density at radius 3 is 2.40 bits per heavy atom. The van der Waals surface area contributed by atoms with Gasteiger partial charge in [-0.25, -0.2) is 9.78 Å². The summed E-state index contributed by atoms with van der Waals surface area (Å²) in [5.74, 6) is 0.998. The Bertz CT molecular complexity index is 567. The van der Waals surface area contributed by atoms with Crippen LogP contribution in [0, 0.1) is 6.92 Å². The fourth-order valence-electron chi connectivity index (χ4n) is 1.53. The number of nitrogens with zero attached hydrogens (tertiary/aromatic N) is 1. The van der Waals surface area contributed by atoms with E-state index in [-0.39, 0.29) is 5.56 Å². The Labute approximate surface area is 126 Å². The maximum atomic E-state index is 10.7. The second-order valence-electron chi connectivity index (χ2n) is 4.20. The van der Waals surface area contributed by atoms with Crippen molar-refractivity contribution in [3.63, 3.8) is 0 Å². The number of thioether (sulfide) groups is 2. The van der Waals surface area contributed by atoms with Crippen LogP contribution >= 0.6 is 23.5 Å². The second-order valence-corrected chi connectivity index (χ2v) is 6.48. The molecule has 0 saturated carbocycles. The number of hydrogen-bond acceptors (Lipinski definition) is 4. The average molecular weight is 305 g/mol. The van der Waals surface area contributed by atoms with Crippen molar-refractivity contribution in [2.45, 2.75) is 16.8 Å². The van der Waals surface area contributed by atoms with Crippen molar-refractivity contribution in [3.05, 3.63) is 53.7 Å². The Kier molecular flexibility index (Phi) is 5.49. The normalized spacial score (nSPS) is 10.4. The number of aromatic nitrogens is 1. The standard InChI is InChI=1S/C15H15NO2S2/c1-11-2-5-13(6-3-11)19-8-9-20-14-7-4-12(10-16-14)15(17)18/h2-7,10H,8-9H2,1H3,(H,17,18). The van der Waals surface area contributed by atoms with E-state index in [1.165, 1.54) is 16.7 Å². The summed E-state index contributed by atoms with van der Waals surface area (Å²) in [7, 11) is 0. The zero-order valence-corrected chi connectivity index (χ0v) is 12.7. The van der Waals surface area contributed by atoms with Gasteiger partial charge in [-0.15, -0.1) is 23.5 Å². The summed E-state index contributed by atoms with van der Waals surface area (Å²) in [4.78, 5) is 16.1. The highest BCUT2D eigenvalue weighted by molar-refractivity contribution is 8.02. The molecule has 0 unspecified atom stereocenters. The summed E-state index contributed by atoms with van der Waals surface area (Å²) < 4.78 is 0. The minimum atomic E-state index is -0.941. The third-order valence-electron chi connectivity index (χ3n) is 2.61. The average Bonchev–Trinajstić information content (AvgIpc) is 2.46. The maximum absolute atomic E-state index is 10.7. The van der Waals surface area contributed by atoms with Crippen LogP contribution in [0.15, 0.2) is 52.5 Å². The monoisotopic (exact) mass is 305 g/mol. The molecule has 5 heteroatoms. The maximum Gasteiger partial charge on any atom is 0.337 e. The summed E-state index contributed by atoms with van der Waals surface area (Å²) in [6.07, 6.45) is 1.40. The molecule has 0 amide bonds. The summed E-state index contributed by atoms with van der Waals surface area (Å²) in [6.45, 7) is 2.08. The van der Waals surface area contributed by atoms with E-state index in [0.717, 1.165) is 16.5 Å². The zero-order chi connectivity index (χ0) is 14.4. The van der Waals surface area contributed by atoms with Gasteiger partial charge in [-0.1, -0.05) is 17.7 Å². The molecular formula is C15H15NO2S2. The van der Waals surface area contributed by atoms with Crippen molar-refractivity contribution in [1.82, 2.24) is 4.98 Å². The lowest BCUT2D eigenvalue weighted by atomic mass is 10.2. The fourth-order valence-corrected chi connectivity index (χ4v) is 3.26. The van der Waals surface area contributed by atoms with Crippen molar-refractivity contribution in [1.29, 1.82) is 0 Å². The minimum absolute atomic E-state index is 0.225. The fraction of sp³-hybridized carbons (Fsp3) is 0.200. The van der Waals surface area contributed by atoms with Gasteiger partial charge in [0.25, 0.3) is 0 Å². The van der Waals surface area contributed by atoms with Gasteiger partial charge in [0.05, 0.1) is 10.6 Å². The van der Waals surface area contributed by atoms with Crippen LogP contribution in [-0.2, 0) is 0 Å². The molecule has 3 nitrogen and oxygen atoms in total. The van der Waals surface area contributed by atoms with Gasteiger partial charge in [-0.3, -0.25) is 0 Å². The zero-order valence-electron chi connectivity index (χ0n) is 11.1. The molecule has 2 aromatic rings. The van der Waals surface area contributed by atoms with Crippen LogP contribution in [0.1, 0.15) is 15.9 Å². The molecular weight excluding hydrogens is 290 g/mol. The van der Waals surface area contributed by atoms with Gasteiger partial charge in [-0.2, -0.15) is 0 Å². The second kappa shape index (κ2) is 7.36. The summed E-state index contributed by atoms with van der Waals surface area (Å²) in [5, 5.41) is 9.65. The highest BCUT2D eigenvalue weighted by Crippen LogP contribution is 2.22. The molecule has 0 spiro atoms. The van der Waals surface area contributed by atoms with Crippen LogP contribution in [0.2, 0.25) is 0 Å². The Balaban J connectivity index is 1.75. The van der Waals surface area contributed by atoms with Crippen LogP contribution in [-0.4, -0.2) is 27.6 Å². The molecule has 0 fully saturated rings. The Morgan fingerprint density at radius 2 is 1.80 bits per heavy atom. The molecule has 0 aliphatic rings. The third kappa shape index (κ3) is 4.58. The summed E-state index contributed by atoms with van der Waals surface area (Å²) in [5.41, 5.74) is 1.50. The molecule has 0 bridgehead atoms. The first-order valence-electron chi connectivity index (χ1n) is 6.17. The van der Waals surface area contributed by atoms with Crippen molar-refractivity contribution in [2.24, 2.45) is 0 Å². The summed E-state index contributed by atoms with van der Waals surface area (Å²) >= 11 is 3.45. The van der Waals surface area contributed by atoms with E-state index in [2.05, 4.69) is 36.2 Å². The molecule has 20 heavy (non-hydrogen) atoms. The van der Waals surface area contributed by atoms with Gasteiger partial charge in [0.2, 0.25) is 0 Å². The van der Waals surface area contributed by atoms with E-state index in [0.29, 0.717) is 0 Å². The van der Waals surface area contributed by atoms with Crippen LogP contribution in [0.5, 0.6) is 0 Å². The number of benzene rings is 1. The number of aryl methyl sites for hydroxylation is 1. The lowest BCUT2D eigenvalue weighted by Gasteiger charge is -2.03. The number of carbonyl (C=O) groups is 1. The molecule has 2 rings (SSSR count). The first-order valence-corrected chi connectivity index (χ1v) is 8.14. The van der Waals surface area contributed by atoms with E-state index in [9.17, 15) is 4.79 Å². The molecule has 1 N–H and O–H groups in total. The highest BCUT2D eigenvalue weighted by atomic mass is 32.2. The number of hydrogen-bond donors (Lipinski definition) is 1. The topological polar surface area (TPSA) is 50.2 Å². The van der Waals surface area contributed by atoms with Crippen LogP contribution in [0.3, 0.4) is 0 Å². The van der Waals surface area contributed by atoms with Gasteiger partial charge in [0, 0.05) is 22.6 Å². The molecule has 0 aliphatic carbocycles. The third-order valence-corrected chi connectivity index (χ3v) is 4.82. The van der Waals surface area contributed by atoms with Gasteiger partial charge in [0.15, 0.2) is 0 Å². The Hall–Kier alpha value is -1.46. The van der Waals surface area contributed by atoms with Crippen molar-refractivity contribution < 1.29 is 9.90 Å². The van der Waals surface area contributed by atoms with E-state index in [1.807, 2.05) is 11.8 Å². The SMILES string of the molecule is Cc1ccc(SCCSc2ccc(C(=O)O)cn2)cc1. The van der Waals surface area contributed by atoms with Crippen LogP contribution in [0.4, 0.5) is 0 Å². The molecule has 104 valence electrons. The van der Waals surface area contributed by atoms with E-state index in [4.69, 9.17) is 5.11 Å². The largest absolute Gasteiger partial charge is 0.478 e. The highest BCUT2D eigenvalue weighted by Gasteiger charge is 2.03. The number of rotatable bonds is 6. The lowest BCUT2D eigenvalue weighted by Crippen LogP contribution is -1.97. The molecule has 1 aromatic carbocycles. The Morgan fingerprint density at radius 1 is 1.10 bits per heavy atom. The van der Waals surface area contributed by atoms with E-state index < -0.39 is 5.97 Å². The molecule has 0 aliphatic heterocycles. The van der Waals surface area contributed by atoms with Crippen LogP contribution < -0.4 is 0 Å². The van der Waals surface area contributed by atoms with Crippen molar-refractivity contribution >= 4 is 29.5 Å². The van der Waals surface area contributed by atoms with Gasteiger partial charge < -0.3 is 5.11 Å². The molecule has 0 radical (unpaired) electrons. The van der Waals surface area contributed by atoms with Gasteiger partial charge >= 0.3 is 5.97 Å². The quantitative estimate of drug-likeness (QED) is 0.646. The van der Waals surface area contributed by atoms with E-state index >= 15 is 0 Å². The van der Waals surface area contributed by atoms with Crippen LogP contribution in [0.25, 0.3) is 0 Å². The van der Waals surface area contributed by atoms with Gasteiger partial charge in [-0.05, 0) is 31.2 Å². The number of carboxylic acid groups (broad SMARTS) is 1. The number of carboxylic acids is 1. The van der Waals surface area contributed by atoms with E-state index in [1.54, 1.807) is 23.9 Å². The predicted octanol–water partition coefficient (Wildman–Crippen LogP) is 3.97. The molecule has 1 aromatic heterocycles. The molecule has 1 heterocycles.